The van der Waals surface area contributed by atoms with E-state index in [9.17, 15) is 24.2 Å². The van der Waals surface area contributed by atoms with Gasteiger partial charge in [-0.25, -0.2) is 9.18 Å². The van der Waals surface area contributed by atoms with E-state index in [2.05, 4.69) is 6.07 Å². The van der Waals surface area contributed by atoms with Gasteiger partial charge < -0.3 is 10.2 Å². The minimum absolute atomic E-state index is 0.198. The molecule has 3 aromatic rings. The number of rotatable bonds is 4. The Morgan fingerprint density at radius 1 is 1.12 bits per heavy atom. The maximum Gasteiger partial charge on any atom is 0.339 e. The number of halogens is 1. The van der Waals surface area contributed by atoms with Gasteiger partial charge >= 0.3 is 5.97 Å². The first-order chi connectivity index (χ1) is 15.4. The molecule has 0 atom stereocenters. The van der Waals surface area contributed by atoms with Crippen LogP contribution >= 0.6 is 0 Å². The molecule has 3 aromatic carbocycles. The molecule has 160 valence electrons. The van der Waals surface area contributed by atoms with Crippen LogP contribution in [0.15, 0.2) is 54.6 Å². The van der Waals surface area contributed by atoms with Gasteiger partial charge in [0, 0.05) is 11.6 Å². The van der Waals surface area contributed by atoms with Gasteiger partial charge in [-0.1, -0.05) is 24.3 Å². The molecule has 0 spiro atoms. The summed E-state index contributed by atoms with van der Waals surface area (Å²) in [6.07, 6.45) is 3.96. The number of hydrogen-bond donors (Lipinski definition) is 2. The number of benzene rings is 3. The molecule has 0 aromatic heterocycles. The van der Waals surface area contributed by atoms with Crippen LogP contribution in [0.25, 0.3) is 11.6 Å². The molecule has 5 nitrogen and oxygen atoms in total. The minimum Gasteiger partial charge on any atom is -0.507 e. The predicted octanol–water partition coefficient (Wildman–Crippen LogP) is 5.63. The van der Waals surface area contributed by atoms with E-state index in [0.717, 1.165) is 29.5 Å². The Morgan fingerprint density at radius 2 is 1.88 bits per heavy atom. The van der Waals surface area contributed by atoms with Gasteiger partial charge in [0.25, 0.3) is 5.91 Å². The summed E-state index contributed by atoms with van der Waals surface area (Å²) < 4.78 is 15.0. The lowest BCUT2D eigenvalue weighted by molar-refractivity contribution is -0.112. The molecule has 6 heteroatoms. The first kappa shape index (κ1) is 20.0. The molecule has 2 aliphatic rings. The Bertz CT molecular complexity index is 1320. The van der Waals surface area contributed by atoms with Crippen molar-refractivity contribution in [1.29, 1.82) is 0 Å². The average Bonchev–Trinajstić information content (AvgIpc) is 3.54. The highest BCUT2D eigenvalue weighted by Crippen LogP contribution is 2.47. The van der Waals surface area contributed by atoms with Crippen molar-refractivity contribution in [1.82, 2.24) is 0 Å². The van der Waals surface area contributed by atoms with Crippen LogP contribution in [0.1, 0.15) is 51.4 Å². The van der Waals surface area contributed by atoms with E-state index < -0.39 is 23.4 Å². The summed E-state index contributed by atoms with van der Waals surface area (Å²) >= 11 is 0. The number of hydrogen-bond acceptors (Lipinski definition) is 3. The molecular weight excluding hydrogens is 409 g/mol. The van der Waals surface area contributed by atoms with Crippen LogP contribution in [0, 0.1) is 12.7 Å². The van der Waals surface area contributed by atoms with Crippen LogP contribution in [0.5, 0.6) is 5.75 Å². The number of anilines is 2. The van der Waals surface area contributed by atoms with Gasteiger partial charge in [0.2, 0.25) is 0 Å². The van der Waals surface area contributed by atoms with E-state index in [-0.39, 0.29) is 22.4 Å². The fraction of sp³-hybridized carbons (Fsp3) is 0.154. The molecule has 2 N–H and O–H groups in total. The Labute approximate surface area is 184 Å². The lowest BCUT2D eigenvalue weighted by atomic mass is 9.95. The van der Waals surface area contributed by atoms with Crippen LogP contribution in [0.4, 0.5) is 15.8 Å². The number of carboxylic acid groups (broad SMARTS) is 1. The fourth-order valence-electron chi connectivity index (χ4n) is 4.33. The third kappa shape index (κ3) is 3.15. The summed E-state index contributed by atoms with van der Waals surface area (Å²) in [6.45, 7) is 1.97. The molecule has 1 fully saturated rings. The van der Waals surface area contributed by atoms with Crippen LogP contribution in [0.2, 0.25) is 0 Å². The summed E-state index contributed by atoms with van der Waals surface area (Å²) in [6, 6.07) is 14.4. The van der Waals surface area contributed by atoms with Gasteiger partial charge in [0.15, 0.2) is 0 Å². The van der Waals surface area contributed by atoms with Crippen molar-refractivity contribution in [2.75, 3.05) is 4.90 Å². The SMILES string of the molecule is Cc1cccc(C2CC2)c1/C=C1\C(=O)N(c2ccc(C(=O)O)c(O)c2)c2cccc(F)c21. The Balaban J connectivity index is 1.68. The Hall–Kier alpha value is -3.93. The zero-order valence-electron chi connectivity index (χ0n) is 17.3. The fourth-order valence-corrected chi connectivity index (χ4v) is 4.33. The number of fused-ring (bicyclic) bond motifs is 1. The third-order valence-corrected chi connectivity index (χ3v) is 6.07. The standard InChI is InChI=1S/C26H20FNO4/c1-14-4-2-5-17(15-8-9-15)19(14)13-20-24-21(27)6-3-7-22(24)28(25(20)30)16-10-11-18(26(31)32)23(29)12-16/h2-7,10-13,15,29H,8-9H2,1H3,(H,31,32)/b20-13-. The molecule has 1 saturated carbocycles. The molecule has 0 unspecified atom stereocenters. The van der Waals surface area contributed by atoms with Gasteiger partial charge in [-0.2, -0.15) is 0 Å². The van der Waals surface area contributed by atoms with Crippen LogP contribution < -0.4 is 4.90 Å². The second kappa shape index (κ2) is 7.34. The van der Waals surface area contributed by atoms with Gasteiger partial charge in [0.05, 0.1) is 16.9 Å². The minimum atomic E-state index is -1.28. The summed E-state index contributed by atoms with van der Waals surface area (Å²) in [5.74, 6) is -2.24. The van der Waals surface area contributed by atoms with E-state index in [4.69, 9.17) is 0 Å². The lowest BCUT2D eigenvalue weighted by Gasteiger charge is -2.18. The maximum absolute atomic E-state index is 15.0. The second-order valence-electron chi connectivity index (χ2n) is 8.19. The zero-order chi connectivity index (χ0) is 22.6. The van der Waals surface area contributed by atoms with Gasteiger partial charge in [-0.3, -0.25) is 9.69 Å². The first-order valence-electron chi connectivity index (χ1n) is 10.4. The number of carboxylic acids is 1. The normalized spacial score (nSPS) is 16.5. The zero-order valence-corrected chi connectivity index (χ0v) is 17.3. The van der Waals surface area contributed by atoms with Gasteiger partial charge in [-0.05, 0) is 72.7 Å². The molecular formula is C26H20FNO4. The van der Waals surface area contributed by atoms with Crippen molar-refractivity contribution in [3.05, 3.63) is 88.2 Å². The van der Waals surface area contributed by atoms with Gasteiger partial charge in [0.1, 0.15) is 17.1 Å². The van der Waals surface area contributed by atoms with E-state index in [1.807, 2.05) is 19.1 Å². The van der Waals surface area contributed by atoms with Crippen LogP contribution in [0.3, 0.4) is 0 Å². The number of carbonyl (C=O) groups is 2. The number of nitrogens with zero attached hydrogens (tertiary/aromatic N) is 1. The van der Waals surface area contributed by atoms with Crippen LogP contribution in [-0.2, 0) is 4.79 Å². The third-order valence-electron chi connectivity index (χ3n) is 6.07. The Morgan fingerprint density at radius 3 is 2.56 bits per heavy atom. The number of carbonyl (C=O) groups excluding carboxylic acids is 1. The molecule has 1 aliphatic heterocycles. The summed E-state index contributed by atoms with van der Waals surface area (Å²) in [5.41, 5.74) is 3.87. The predicted molar refractivity (Wildman–Crippen MR) is 120 cm³/mol. The molecule has 32 heavy (non-hydrogen) atoms. The summed E-state index contributed by atoms with van der Waals surface area (Å²) in [5, 5.41) is 19.3. The molecule has 1 amide bonds. The first-order valence-corrected chi connectivity index (χ1v) is 10.4. The van der Waals surface area contributed by atoms with E-state index >= 15 is 0 Å². The highest BCUT2D eigenvalue weighted by Gasteiger charge is 2.37. The molecule has 5 rings (SSSR count). The van der Waals surface area contributed by atoms with Crippen molar-refractivity contribution >= 4 is 34.9 Å². The molecule has 1 aliphatic carbocycles. The second-order valence-corrected chi connectivity index (χ2v) is 8.19. The topological polar surface area (TPSA) is 77.8 Å². The van der Waals surface area contributed by atoms with Crippen molar-refractivity contribution in [3.63, 3.8) is 0 Å². The summed E-state index contributed by atoms with van der Waals surface area (Å²) in [7, 11) is 0. The summed E-state index contributed by atoms with van der Waals surface area (Å²) in [4.78, 5) is 26.1. The molecule has 1 heterocycles. The van der Waals surface area contributed by atoms with Crippen molar-refractivity contribution in [3.8, 4) is 5.75 Å². The molecule has 0 saturated heterocycles. The number of phenols is 1. The van der Waals surface area contributed by atoms with E-state index in [1.165, 1.54) is 35.2 Å². The molecule has 0 bridgehead atoms. The van der Waals surface area contributed by atoms with Crippen LogP contribution in [-0.4, -0.2) is 22.1 Å². The highest BCUT2D eigenvalue weighted by molar-refractivity contribution is 6.38. The van der Waals surface area contributed by atoms with Crippen molar-refractivity contribution in [2.45, 2.75) is 25.7 Å². The number of aromatic carboxylic acids is 1. The number of aromatic hydroxyl groups is 1. The monoisotopic (exact) mass is 429 g/mol. The van der Waals surface area contributed by atoms with Gasteiger partial charge in [-0.15, -0.1) is 0 Å². The smallest absolute Gasteiger partial charge is 0.339 e. The van der Waals surface area contributed by atoms with E-state index in [1.54, 1.807) is 12.1 Å². The average molecular weight is 429 g/mol. The van der Waals surface area contributed by atoms with Crippen molar-refractivity contribution < 1.29 is 24.2 Å². The van der Waals surface area contributed by atoms with E-state index in [0.29, 0.717) is 11.6 Å². The highest BCUT2D eigenvalue weighted by atomic mass is 19.1. The lowest BCUT2D eigenvalue weighted by Crippen LogP contribution is -2.20. The quantitative estimate of drug-likeness (QED) is 0.527. The number of amides is 1. The molecule has 0 radical (unpaired) electrons. The van der Waals surface area contributed by atoms with Crippen molar-refractivity contribution in [2.24, 2.45) is 0 Å². The number of aryl methyl sites for hydroxylation is 1. The Kier molecular flexibility index (Phi) is 4.59. The largest absolute Gasteiger partial charge is 0.507 e. The maximum atomic E-state index is 15.0.